The van der Waals surface area contributed by atoms with Gasteiger partial charge in [-0.3, -0.25) is 4.79 Å². The van der Waals surface area contributed by atoms with Crippen molar-refractivity contribution in [3.8, 4) is 0 Å². The number of hydrogen-bond donors (Lipinski definition) is 2. The Bertz CT molecular complexity index is 326. The standard InChI is InChI=1S/C9H18N2O3S.ClH/c1-7(10)9(12)11-4-5-15(13,14)6-8-2-3-8;/h7-8H,2-6,10H2,1H3,(H,11,12);1H. The summed E-state index contributed by atoms with van der Waals surface area (Å²) < 4.78 is 22.9. The number of halogens is 1. The van der Waals surface area contributed by atoms with Crippen LogP contribution in [-0.4, -0.2) is 38.4 Å². The molecule has 1 aliphatic rings. The van der Waals surface area contributed by atoms with E-state index in [0.717, 1.165) is 12.8 Å². The first kappa shape index (κ1) is 15.7. The van der Waals surface area contributed by atoms with Gasteiger partial charge in [0.15, 0.2) is 9.84 Å². The van der Waals surface area contributed by atoms with Gasteiger partial charge in [0.2, 0.25) is 5.91 Å². The van der Waals surface area contributed by atoms with E-state index >= 15 is 0 Å². The molecule has 0 aliphatic heterocycles. The number of hydrogen-bond acceptors (Lipinski definition) is 4. The van der Waals surface area contributed by atoms with Crippen LogP contribution in [0, 0.1) is 5.92 Å². The molecule has 1 amide bonds. The molecule has 0 bridgehead atoms. The molecule has 5 nitrogen and oxygen atoms in total. The van der Waals surface area contributed by atoms with Crippen molar-refractivity contribution in [1.82, 2.24) is 5.32 Å². The summed E-state index contributed by atoms with van der Waals surface area (Å²) in [6.45, 7) is 1.73. The fourth-order valence-electron chi connectivity index (χ4n) is 1.22. The minimum atomic E-state index is -3.00. The quantitative estimate of drug-likeness (QED) is 0.693. The van der Waals surface area contributed by atoms with E-state index in [2.05, 4.69) is 5.32 Å². The van der Waals surface area contributed by atoms with Crippen LogP contribution in [0.25, 0.3) is 0 Å². The molecule has 1 saturated carbocycles. The molecular formula is C9H19ClN2O3S. The molecule has 0 spiro atoms. The number of rotatable bonds is 6. The molecule has 96 valence electrons. The third-order valence-corrected chi connectivity index (χ3v) is 4.12. The highest BCUT2D eigenvalue weighted by Crippen LogP contribution is 2.30. The molecule has 1 atom stereocenters. The second-order valence-electron chi connectivity index (χ2n) is 4.14. The van der Waals surface area contributed by atoms with Gasteiger partial charge in [-0.1, -0.05) is 0 Å². The number of nitrogens with two attached hydrogens (primary N) is 1. The zero-order valence-corrected chi connectivity index (χ0v) is 10.9. The van der Waals surface area contributed by atoms with Crippen molar-refractivity contribution in [3.63, 3.8) is 0 Å². The topological polar surface area (TPSA) is 89.3 Å². The molecule has 0 aromatic heterocycles. The summed E-state index contributed by atoms with van der Waals surface area (Å²) in [5.74, 6) is 0.332. The molecule has 3 N–H and O–H groups in total. The van der Waals surface area contributed by atoms with Crippen LogP contribution in [0.5, 0.6) is 0 Å². The summed E-state index contributed by atoms with van der Waals surface area (Å²) in [5, 5.41) is 2.49. The lowest BCUT2D eigenvalue weighted by Crippen LogP contribution is -2.40. The minimum Gasteiger partial charge on any atom is -0.354 e. The Morgan fingerprint density at radius 2 is 2.06 bits per heavy atom. The molecule has 1 unspecified atom stereocenters. The van der Waals surface area contributed by atoms with Crippen molar-refractivity contribution in [2.45, 2.75) is 25.8 Å². The predicted molar refractivity (Wildman–Crippen MR) is 65.3 cm³/mol. The Hall–Kier alpha value is -0.330. The van der Waals surface area contributed by atoms with E-state index in [9.17, 15) is 13.2 Å². The second-order valence-corrected chi connectivity index (χ2v) is 6.37. The van der Waals surface area contributed by atoms with E-state index in [4.69, 9.17) is 5.73 Å². The van der Waals surface area contributed by atoms with E-state index in [1.807, 2.05) is 0 Å². The molecule has 1 fully saturated rings. The SMILES string of the molecule is CC(N)C(=O)NCCS(=O)(=O)CC1CC1.Cl. The Kier molecular flexibility index (Phi) is 6.28. The molecule has 0 radical (unpaired) electrons. The summed E-state index contributed by atoms with van der Waals surface area (Å²) in [6, 6.07) is -0.587. The van der Waals surface area contributed by atoms with Crippen LogP contribution < -0.4 is 11.1 Å². The van der Waals surface area contributed by atoms with Crippen molar-refractivity contribution in [3.05, 3.63) is 0 Å². The predicted octanol–water partition coefficient (Wildman–Crippen LogP) is -0.304. The number of sulfone groups is 1. The van der Waals surface area contributed by atoms with Gasteiger partial charge >= 0.3 is 0 Å². The van der Waals surface area contributed by atoms with Crippen molar-refractivity contribution in [2.75, 3.05) is 18.1 Å². The Balaban J connectivity index is 0.00000225. The molecule has 0 saturated heterocycles. The number of amides is 1. The lowest BCUT2D eigenvalue weighted by molar-refractivity contribution is -0.121. The van der Waals surface area contributed by atoms with Crippen molar-refractivity contribution in [2.24, 2.45) is 11.7 Å². The van der Waals surface area contributed by atoms with Crippen LogP contribution in [0.3, 0.4) is 0 Å². The average molecular weight is 271 g/mol. The van der Waals surface area contributed by atoms with Gasteiger partial charge in [0.25, 0.3) is 0 Å². The highest BCUT2D eigenvalue weighted by molar-refractivity contribution is 7.91. The van der Waals surface area contributed by atoms with Crippen LogP contribution in [0.4, 0.5) is 0 Å². The van der Waals surface area contributed by atoms with Crippen molar-refractivity contribution < 1.29 is 13.2 Å². The third kappa shape index (κ3) is 6.30. The van der Waals surface area contributed by atoms with Crippen LogP contribution in [0.2, 0.25) is 0 Å². The molecule has 1 rings (SSSR count). The summed E-state index contributed by atoms with van der Waals surface area (Å²) in [7, 11) is -3.00. The average Bonchev–Trinajstić information content (AvgIpc) is 2.86. The molecule has 1 aliphatic carbocycles. The zero-order chi connectivity index (χ0) is 11.5. The van der Waals surface area contributed by atoms with E-state index in [1.165, 1.54) is 0 Å². The van der Waals surface area contributed by atoms with Gasteiger partial charge in [0.1, 0.15) is 0 Å². The Morgan fingerprint density at radius 1 is 1.50 bits per heavy atom. The third-order valence-electron chi connectivity index (χ3n) is 2.31. The smallest absolute Gasteiger partial charge is 0.236 e. The maximum Gasteiger partial charge on any atom is 0.236 e. The number of carbonyl (C=O) groups is 1. The van der Waals surface area contributed by atoms with Gasteiger partial charge in [-0.15, -0.1) is 12.4 Å². The first-order valence-corrected chi connectivity index (χ1v) is 6.96. The Morgan fingerprint density at radius 3 is 2.50 bits per heavy atom. The van der Waals surface area contributed by atoms with Gasteiger partial charge in [-0.05, 0) is 25.7 Å². The highest BCUT2D eigenvalue weighted by atomic mass is 35.5. The van der Waals surface area contributed by atoms with Gasteiger partial charge < -0.3 is 11.1 Å². The van der Waals surface area contributed by atoms with Gasteiger partial charge in [-0.2, -0.15) is 0 Å². The number of carbonyl (C=O) groups excluding carboxylic acids is 1. The molecular weight excluding hydrogens is 252 g/mol. The maximum atomic E-state index is 11.4. The van der Waals surface area contributed by atoms with Crippen molar-refractivity contribution >= 4 is 28.2 Å². The fourth-order valence-corrected chi connectivity index (χ4v) is 2.85. The highest BCUT2D eigenvalue weighted by Gasteiger charge is 2.27. The first-order valence-electron chi connectivity index (χ1n) is 5.14. The molecule has 16 heavy (non-hydrogen) atoms. The monoisotopic (exact) mass is 270 g/mol. The fraction of sp³-hybridized carbons (Fsp3) is 0.889. The molecule has 0 aromatic carbocycles. The zero-order valence-electron chi connectivity index (χ0n) is 9.31. The van der Waals surface area contributed by atoms with Gasteiger partial charge in [-0.25, -0.2) is 8.42 Å². The summed E-state index contributed by atoms with van der Waals surface area (Å²) in [5.41, 5.74) is 5.32. The number of nitrogens with one attached hydrogen (secondary N) is 1. The van der Waals surface area contributed by atoms with Crippen LogP contribution in [0.1, 0.15) is 19.8 Å². The van der Waals surface area contributed by atoms with Crippen LogP contribution in [-0.2, 0) is 14.6 Å². The van der Waals surface area contributed by atoms with E-state index in [1.54, 1.807) is 6.92 Å². The normalized spacial score (nSPS) is 17.4. The first-order chi connectivity index (χ1) is 6.91. The van der Waals surface area contributed by atoms with Crippen molar-refractivity contribution in [1.29, 1.82) is 0 Å². The minimum absolute atomic E-state index is 0. The molecule has 0 aromatic rings. The lowest BCUT2D eigenvalue weighted by atomic mass is 10.3. The Labute approximate surface area is 102 Å². The lowest BCUT2D eigenvalue weighted by Gasteiger charge is -2.07. The summed E-state index contributed by atoms with van der Waals surface area (Å²) in [6.07, 6.45) is 2.04. The maximum absolute atomic E-state index is 11.4. The molecule has 0 heterocycles. The molecule has 7 heteroatoms. The van der Waals surface area contributed by atoms with E-state index < -0.39 is 15.9 Å². The van der Waals surface area contributed by atoms with Crippen LogP contribution >= 0.6 is 12.4 Å². The summed E-state index contributed by atoms with van der Waals surface area (Å²) >= 11 is 0. The van der Waals surface area contributed by atoms with Gasteiger partial charge in [0.05, 0.1) is 17.5 Å². The van der Waals surface area contributed by atoms with Crippen LogP contribution in [0.15, 0.2) is 0 Å². The van der Waals surface area contributed by atoms with E-state index in [0.29, 0.717) is 5.92 Å². The van der Waals surface area contributed by atoms with E-state index in [-0.39, 0.29) is 36.4 Å². The van der Waals surface area contributed by atoms with Gasteiger partial charge in [0, 0.05) is 6.54 Å². The second kappa shape index (κ2) is 6.42. The largest absolute Gasteiger partial charge is 0.354 e. The summed E-state index contributed by atoms with van der Waals surface area (Å²) in [4.78, 5) is 11.0.